The number of hydrogen-bond donors (Lipinski definition) is 1. The number of carbonyl (C=O) groups is 1. The summed E-state index contributed by atoms with van der Waals surface area (Å²) in [4.78, 5) is 11.8. The molecule has 2 rings (SSSR count). The fourth-order valence-electron chi connectivity index (χ4n) is 2.33. The van der Waals surface area contributed by atoms with Crippen LogP contribution >= 0.6 is 11.6 Å². The summed E-state index contributed by atoms with van der Waals surface area (Å²) in [5.41, 5.74) is 2.27. The number of ether oxygens (including phenoxy) is 2. The van der Waals surface area contributed by atoms with Crippen molar-refractivity contribution in [3.63, 3.8) is 0 Å². The van der Waals surface area contributed by atoms with Crippen LogP contribution in [-0.2, 0) is 4.79 Å². The molecular formula is C20H22ClNO3. The van der Waals surface area contributed by atoms with Gasteiger partial charge in [-0.3, -0.25) is 4.79 Å². The lowest BCUT2D eigenvalue weighted by molar-refractivity contribution is -0.111. The molecule has 0 aromatic heterocycles. The number of benzene rings is 2. The van der Waals surface area contributed by atoms with Crippen LogP contribution in [0.5, 0.6) is 11.5 Å². The molecule has 0 atom stereocenters. The summed E-state index contributed by atoms with van der Waals surface area (Å²) >= 11 is 6.13. The lowest BCUT2D eigenvalue weighted by Crippen LogP contribution is -2.09. The number of methoxy groups -OCH3 is 1. The highest BCUT2D eigenvalue weighted by Gasteiger charge is 2.14. The first kappa shape index (κ1) is 18.9. The molecule has 0 fully saturated rings. The van der Waals surface area contributed by atoms with E-state index >= 15 is 0 Å². The molecule has 0 aliphatic rings. The highest BCUT2D eigenvalue weighted by molar-refractivity contribution is 6.30. The summed E-state index contributed by atoms with van der Waals surface area (Å²) < 4.78 is 11.2. The van der Waals surface area contributed by atoms with Crippen LogP contribution in [-0.4, -0.2) is 19.6 Å². The van der Waals surface area contributed by atoms with Gasteiger partial charge in [0, 0.05) is 21.8 Å². The molecule has 25 heavy (non-hydrogen) atoms. The van der Waals surface area contributed by atoms with Crippen molar-refractivity contribution in [1.29, 1.82) is 0 Å². The van der Waals surface area contributed by atoms with Crippen molar-refractivity contribution in [2.24, 2.45) is 0 Å². The van der Waals surface area contributed by atoms with Crippen LogP contribution < -0.4 is 14.8 Å². The van der Waals surface area contributed by atoms with Gasteiger partial charge in [0.1, 0.15) is 11.5 Å². The van der Waals surface area contributed by atoms with E-state index in [4.69, 9.17) is 21.1 Å². The molecule has 0 saturated heterocycles. The van der Waals surface area contributed by atoms with Crippen LogP contribution in [0.15, 0.2) is 49.1 Å². The van der Waals surface area contributed by atoms with E-state index in [9.17, 15) is 4.79 Å². The van der Waals surface area contributed by atoms with Gasteiger partial charge in [0.05, 0.1) is 13.7 Å². The molecule has 0 radical (unpaired) electrons. The number of unbranched alkanes of at least 4 members (excludes halogenated alkanes) is 1. The van der Waals surface area contributed by atoms with Gasteiger partial charge in [0.2, 0.25) is 5.91 Å². The monoisotopic (exact) mass is 359 g/mol. The molecule has 2 aromatic carbocycles. The molecule has 1 N–H and O–H groups in total. The van der Waals surface area contributed by atoms with Gasteiger partial charge in [0.25, 0.3) is 0 Å². The predicted molar refractivity (Wildman–Crippen MR) is 103 cm³/mol. The molecule has 2 aromatic rings. The third kappa shape index (κ3) is 5.00. The third-order valence-corrected chi connectivity index (χ3v) is 3.89. The van der Waals surface area contributed by atoms with Crippen LogP contribution in [0.3, 0.4) is 0 Å². The first-order valence-corrected chi connectivity index (χ1v) is 8.51. The summed E-state index contributed by atoms with van der Waals surface area (Å²) in [6, 6.07) is 10.9. The van der Waals surface area contributed by atoms with Crippen molar-refractivity contribution >= 4 is 23.2 Å². The van der Waals surface area contributed by atoms with E-state index in [1.165, 1.54) is 6.08 Å². The molecule has 5 heteroatoms. The van der Waals surface area contributed by atoms with Crippen molar-refractivity contribution in [2.75, 3.05) is 19.0 Å². The molecule has 0 spiro atoms. The van der Waals surface area contributed by atoms with E-state index in [2.05, 4.69) is 18.8 Å². The normalized spacial score (nSPS) is 10.2. The van der Waals surface area contributed by atoms with Gasteiger partial charge in [-0.25, -0.2) is 0 Å². The Hall–Kier alpha value is -2.46. The zero-order valence-corrected chi connectivity index (χ0v) is 15.2. The van der Waals surface area contributed by atoms with Crippen molar-refractivity contribution in [1.82, 2.24) is 0 Å². The number of amides is 1. The van der Waals surface area contributed by atoms with E-state index < -0.39 is 0 Å². The molecule has 1 amide bonds. The third-order valence-electron chi connectivity index (χ3n) is 3.66. The van der Waals surface area contributed by atoms with Crippen molar-refractivity contribution < 1.29 is 14.3 Å². The topological polar surface area (TPSA) is 47.6 Å². The molecule has 132 valence electrons. The molecule has 0 saturated carbocycles. The van der Waals surface area contributed by atoms with Gasteiger partial charge in [-0.05, 0) is 48.9 Å². The van der Waals surface area contributed by atoms with E-state index in [-0.39, 0.29) is 5.91 Å². The maximum absolute atomic E-state index is 11.8. The maximum Gasteiger partial charge on any atom is 0.247 e. The van der Waals surface area contributed by atoms with Crippen molar-refractivity contribution in [3.05, 3.63) is 54.1 Å². The second kappa shape index (κ2) is 9.14. The molecule has 0 bridgehead atoms. The highest BCUT2D eigenvalue weighted by atomic mass is 35.5. The van der Waals surface area contributed by atoms with Gasteiger partial charge in [0.15, 0.2) is 0 Å². The van der Waals surface area contributed by atoms with Crippen molar-refractivity contribution in [2.45, 2.75) is 19.8 Å². The second-order valence-corrected chi connectivity index (χ2v) is 5.88. The smallest absolute Gasteiger partial charge is 0.247 e. The largest absolute Gasteiger partial charge is 0.497 e. The van der Waals surface area contributed by atoms with E-state index in [1.54, 1.807) is 31.4 Å². The average Bonchev–Trinajstić information content (AvgIpc) is 2.62. The molecule has 0 aliphatic carbocycles. The number of rotatable bonds is 8. The number of halogens is 1. The Morgan fingerprint density at radius 1 is 1.24 bits per heavy atom. The Morgan fingerprint density at radius 2 is 2.04 bits per heavy atom. The summed E-state index contributed by atoms with van der Waals surface area (Å²) in [5.74, 6) is 1.07. The Labute approximate surface area is 153 Å². The molecular weight excluding hydrogens is 338 g/mol. The number of carbonyl (C=O) groups excluding carboxylic acids is 1. The first-order valence-electron chi connectivity index (χ1n) is 8.13. The Morgan fingerprint density at radius 3 is 2.72 bits per heavy atom. The first-order chi connectivity index (χ1) is 12.1. The summed E-state index contributed by atoms with van der Waals surface area (Å²) in [6.45, 7) is 6.20. The quantitative estimate of drug-likeness (QED) is 0.512. The number of anilines is 1. The molecule has 0 aliphatic heterocycles. The minimum atomic E-state index is -0.283. The summed E-state index contributed by atoms with van der Waals surface area (Å²) in [5, 5.41) is 3.41. The van der Waals surface area contributed by atoms with Crippen LogP contribution in [0.1, 0.15) is 19.8 Å². The van der Waals surface area contributed by atoms with Gasteiger partial charge < -0.3 is 14.8 Å². The lowest BCUT2D eigenvalue weighted by atomic mass is 10.0. The fraction of sp³-hybridized carbons (Fsp3) is 0.250. The zero-order valence-electron chi connectivity index (χ0n) is 14.5. The predicted octanol–water partition coefficient (Wildman–Crippen LogP) is 5.32. The second-order valence-electron chi connectivity index (χ2n) is 5.45. The Bertz CT molecular complexity index is 759. The van der Waals surface area contributed by atoms with Crippen LogP contribution in [0.4, 0.5) is 5.69 Å². The lowest BCUT2D eigenvalue weighted by Gasteiger charge is -2.16. The summed E-state index contributed by atoms with van der Waals surface area (Å²) in [6.07, 6.45) is 3.22. The molecule has 0 unspecified atom stereocenters. The van der Waals surface area contributed by atoms with Crippen LogP contribution in [0.25, 0.3) is 11.1 Å². The number of hydrogen-bond acceptors (Lipinski definition) is 3. The average molecular weight is 360 g/mol. The zero-order chi connectivity index (χ0) is 18.2. The van der Waals surface area contributed by atoms with Gasteiger partial charge in [-0.1, -0.05) is 31.5 Å². The van der Waals surface area contributed by atoms with Gasteiger partial charge >= 0.3 is 0 Å². The van der Waals surface area contributed by atoms with Crippen LogP contribution in [0.2, 0.25) is 5.02 Å². The summed E-state index contributed by atoms with van der Waals surface area (Å²) in [7, 11) is 1.60. The minimum Gasteiger partial charge on any atom is -0.497 e. The van der Waals surface area contributed by atoms with E-state index in [0.29, 0.717) is 28.8 Å². The van der Waals surface area contributed by atoms with E-state index in [1.807, 2.05) is 12.1 Å². The fourth-order valence-corrected chi connectivity index (χ4v) is 2.49. The van der Waals surface area contributed by atoms with Crippen molar-refractivity contribution in [3.8, 4) is 22.6 Å². The van der Waals surface area contributed by atoms with E-state index in [0.717, 1.165) is 24.0 Å². The molecule has 0 heterocycles. The van der Waals surface area contributed by atoms with Gasteiger partial charge in [-0.15, -0.1) is 0 Å². The Balaban J connectivity index is 2.51. The van der Waals surface area contributed by atoms with Crippen LogP contribution in [0, 0.1) is 0 Å². The molecule has 4 nitrogen and oxygen atoms in total. The minimum absolute atomic E-state index is 0.283. The highest BCUT2D eigenvalue weighted by Crippen LogP contribution is 2.39. The maximum atomic E-state index is 11.8. The number of nitrogens with one attached hydrogen (secondary N) is 1. The standard InChI is InChI=1S/C20H22ClNO3/c1-4-6-11-25-19-12-14(21)7-9-16(19)17-13-15(24-3)8-10-18(17)22-20(23)5-2/h5,7-10,12-13H,2,4,6,11H2,1,3H3,(H,22,23). The SMILES string of the molecule is C=CC(=O)Nc1ccc(OC)cc1-c1ccc(Cl)cc1OCCCC. The van der Waals surface area contributed by atoms with Gasteiger partial charge in [-0.2, -0.15) is 0 Å². The Kier molecular flexibility index (Phi) is 6.90.